The molecule has 0 atom stereocenters. The number of aromatic nitrogens is 3. The van der Waals surface area contributed by atoms with Gasteiger partial charge in [-0.05, 0) is 17.4 Å². The number of nitrogens with zero attached hydrogens (tertiary/aromatic N) is 3. The van der Waals surface area contributed by atoms with Crippen LogP contribution in [-0.4, -0.2) is 20.9 Å². The van der Waals surface area contributed by atoms with Crippen molar-refractivity contribution >= 4 is 22.8 Å². The molecule has 0 radical (unpaired) electrons. The Hall–Kier alpha value is -1.88. The van der Waals surface area contributed by atoms with Gasteiger partial charge in [0.2, 0.25) is 0 Å². The maximum atomic E-state index is 4.50. The highest BCUT2D eigenvalue weighted by atomic mass is 32.1. The Morgan fingerprint density at radius 1 is 1.37 bits per heavy atom. The van der Waals surface area contributed by atoms with Gasteiger partial charge >= 0.3 is 0 Å². The molecule has 0 aromatic carbocycles. The second kappa shape index (κ2) is 5.01. The quantitative estimate of drug-likeness (QED) is 0.790. The van der Waals surface area contributed by atoms with Gasteiger partial charge < -0.3 is 5.32 Å². The van der Waals surface area contributed by atoms with E-state index in [1.807, 2.05) is 18.6 Å². The molecule has 0 aliphatic carbocycles. The third-order valence-electron chi connectivity index (χ3n) is 2.92. The molecule has 3 rings (SSSR count). The van der Waals surface area contributed by atoms with Gasteiger partial charge in [0.1, 0.15) is 0 Å². The molecular formula is C14H16N4S. The van der Waals surface area contributed by atoms with Crippen LogP contribution in [0.3, 0.4) is 0 Å². The maximum Gasteiger partial charge on any atom is 0.180 e. The molecule has 0 bridgehead atoms. The molecular weight excluding hydrogens is 256 g/mol. The zero-order chi connectivity index (χ0) is 13.2. The number of anilines is 1. The van der Waals surface area contributed by atoms with Gasteiger partial charge in [-0.25, -0.2) is 9.97 Å². The molecule has 0 fully saturated rings. The fourth-order valence-corrected chi connectivity index (χ4v) is 2.62. The fourth-order valence-electron chi connectivity index (χ4n) is 1.97. The van der Waals surface area contributed by atoms with Gasteiger partial charge in [-0.1, -0.05) is 13.8 Å². The average molecular weight is 272 g/mol. The number of fused-ring (bicyclic) bond motifs is 1. The normalized spacial score (nSPS) is 11.3. The predicted octanol–water partition coefficient (Wildman–Crippen LogP) is 3.53. The number of nitrogens with one attached hydrogen (secondary N) is 1. The lowest BCUT2D eigenvalue weighted by Gasteiger charge is -2.09. The first kappa shape index (κ1) is 12.2. The highest BCUT2D eigenvalue weighted by Gasteiger charge is 2.10. The van der Waals surface area contributed by atoms with Crippen molar-refractivity contribution < 1.29 is 0 Å². The van der Waals surface area contributed by atoms with Crippen molar-refractivity contribution in [1.82, 2.24) is 14.4 Å². The zero-order valence-corrected chi connectivity index (χ0v) is 11.8. The molecule has 0 amide bonds. The third-order valence-corrected chi connectivity index (χ3v) is 3.61. The molecule has 3 aromatic rings. The van der Waals surface area contributed by atoms with E-state index in [9.17, 15) is 0 Å². The first-order valence-corrected chi connectivity index (χ1v) is 7.28. The first-order valence-electron chi connectivity index (χ1n) is 6.34. The van der Waals surface area contributed by atoms with Crippen LogP contribution in [0.4, 0.5) is 5.82 Å². The smallest absolute Gasteiger partial charge is 0.180 e. The molecule has 4 nitrogen and oxygen atoms in total. The van der Waals surface area contributed by atoms with Crippen LogP contribution in [0, 0.1) is 5.92 Å². The molecule has 3 aromatic heterocycles. The Labute approximate surface area is 116 Å². The van der Waals surface area contributed by atoms with Gasteiger partial charge in [0.05, 0.1) is 11.9 Å². The van der Waals surface area contributed by atoms with Crippen LogP contribution in [-0.2, 0) is 0 Å². The van der Waals surface area contributed by atoms with Crippen molar-refractivity contribution in [3.8, 4) is 11.3 Å². The number of imidazole rings is 1. The van der Waals surface area contributed by atoms with E-state index in [1.165, 1.54) is 5.56 Å². The molecule has 1 N–H and O–H groups in total. The molecule has 98 valence electrons. The van der Waals surface area contributed by atoms with Crippen LogP contribution in [0.2, 0.25) is 0 Å². The van der Waals surface area contributed by atoms with Crippen molar-refractivity contribution in [2.45, 2.75) is 13.8 Å². The number of thiophene rings is 1. The molecule has 0 saturated carbocycles. The molecule has 0 unspecified atom stereocenters. The van der Waals surface area contributed by atoms with Crippen LogP contribution in [0.15, 0.2) is 35.4 Å². The summed E-state index contributed by atoms with van der Waals surface area (Å²) in [4.78, 5) is 8.88. The van der Waals surface area contributed by atoms with Crippen LogP contribution in [0.5, 0.6) is 0 Å². The molecule has 5 heteroatoms. The fraction of sp³-hybridized carbons (Fsp3) is 0.286. The van der Waals surface area contributed by atoms with Crippen LogP contribution in [0.25, 0.3) is 16.9 Å². The highest BCUT2D eigenvalue weighted by molar-refractivity contribution is 7.08. The number of hydrogen-bond donors (Lipinski definition) is 1. The van der Waals surface area contributed by atoms with Crippen LogP contribution in [0.1, 0.15) is 13.8 Å². The Bertz CT molecular complexity index is 670. The van der Waals surface area contributed by atoms with Gasteiger partial charge in [-0.2, -0.15) is 11.3 Å². The van der Waals surface area contributed by atoms with Crippen LogP contribution >= 0.6 is 11.3 Å². The molecule has 3 heterocycles. The minimum atomic E-state index is 0.577. The van der Waals surface area contributed by atoms with E-state index < -0.39 is 0 Å². The summed E-state index contributed by atoms with van der Waals surface area (Å²) in [7, 11) is 0. The lowest BCUT2D eigenvalue weighted by Crippen LogP contribution is -2.10. The Balaban J connectivity index is 2.03. The van der Waals surface area contributed by atoms with Crippen molar-refractivity contribution in [2.75, 3.05) is 11.9 Å². The van der Waals surface area contributed by atoms with E-state index in [0.717, 1.165) is 23.7 Å². The SMILES string of the molecule is CC(C)CNc1nccn2c(-c3ccsc3)cnc12. The van der Waals surface area contributed by atoms with Crippen molar-refractivity contribution in [3.05, 3.63) is 35.4 Å². The summed E-state index contributed by atoms with van der Waals surface area (Å²) in [6, 6.07) is 2.11. The standard InChI is InChI=1S/C14H16N4S/c1-10(2)7-16-13-14-17-8-12(11-3-6-19-9-11)18(14)5-4-15-13/h3-6,8-10H,7H2,1-2H3,(H,15,16). The van der Waals surface area contributed by atoms with E-state index in [2.05, 4.69) is 50.4 Å². The van der Waals surface area contributed by atoms with Crippen LogP contribution < -0.4 is 5.32 Å². The van der Waals surface area contributed by atoms with Gasteiger partial charge in [-0.15, -0.1) is 0 Å². The second-order valence-corrected chi connectivity index (χ2v) is 5.68. The summed E-state index contributed by atoms with van der Waals surface area (Å²) in [5.41, 5.74) is 3.18. The number of rotatable bonds is 4. The van der Waals surface area contributed by atoms with Gasteiger partial charge in [0, 0.05) is 29.9 Å². The average Bonchev–Trinajstić information content (AvgIpc) is 3.04. The summed E-state index contributed by atoms with van der Waals surface area (Å²) in [5.74, 6) is 1.42. The topological polar surface area (TPSA) is 42.2 Å². The van der Waals surface area contributed by atoms with Crippen molar-refractivity contribution in [2.24, 2.45) is 5.92 Å². The third kappa shape index (κ3) is 2.33. The molecule has 0 saturated heterocycles. The summed E-state index contributed by atoms with van der Waals surface area (Å²) in [6.45, 7) is 5.25. The predicted molar refractivity (Wildman–Crippen MR) is 79.6 cm³/mol. The minimum absolute atomic E-state index is 0.577. The van der Waals surface area contributed by atoms with Gasteiger partial charge in [-0.3, -0.25) is 4.40 Å². The summed E-state index contributed by atoms with van der Waals surface area (Å²) in [6.07, 6.45) is 5.67. The summed E-state index contributed by atoms with van der Waals surface area (Å²) < 4.78 is 2.08. The van der Waals surface area contributed by atoms with E-state index in [1.54, 1.807) is 11.3 Å². The first-order chi connectivity index (χ1) is 9.25. The van der Waals surface area contributed by atoms with Gasteiger partial charge in [0.15, 0.2) is 11.5 Å². The largest absolute Gasteiger partial charge is 0.367 e. The Morgan fingerprint density at radius 2 is 2.26 bits per heavy atom. The minimum Gasteiger partial charge on any atom is -0.367 e. The Morgan fingerprint density at radius 3 is 3.00 bits per heavy atom. The second-order valence-electron chi connectivity index (χ2n) is 4.90. The van der Waals surface area contributed by atoms with E-state index in [-0.39, 0.29) is 0 Å². The molecule has 0 spiro atoms. The highest BCUT2D eigenvalue weighted by Crippen LogP contribution is 2.25. The maximum absolute atomic E-state index is 4.50. The Kier molecular flexibility index (Phi) is 3.21. The zero-order valence-electron chi connectivity index (χ0n) is 11.0. The molecule has 0 aliphatic heterocycles. The lowest BCUT2D eigenvalue weighted by atomic mass is 10.2. The summed E-state index contributed by atoms with van der Waals surface area (Å²) in [5, 5.41) is 7.56. The number of hydrogen-bond acceptors (Lipinski definition) is 4. The lowest BCUT2D eigenvalue weighted by molar-refractivity contribution is 0.687. The monoisotopic (exact) mass is 272 g/mol. The van der Waals surface area contributed by atoms with E-state index in [4.69, 9.17) is 0 Å². The van der Waals surface area contributed by atoms with E-state index >= 15 is 0 Å². The van der Waals surface area contributed by atoms with E-state index in [0.29, 0.717) is 5.92 Å². The van der Waals surface area contributed by atoms with Crippen molar-refractivity contribution in [3.63, 3.8) is 0 Å². The molecule has 19 heavy (non-hydrogen) atoms. The molecule has 0 aliphatic rings. The van der Waals surface area contributed by atoms with Gasteiger partial charge in [0.25, 0.3) is 0 Å². The summed E-state index contributed by atoms with van der Waals surface area (Å²) >= 11 is 1.69. The van der Waals surface area contributed by atoms with Crippen molar-refractivity contribution in [1.29, 1.82) is 0 Å².